The number of carbonyl (C=O) groups excluding carboxylic acids is 1. The molecular weight excluding hydrogens is 376 g/mol. The third-order valence-corrected chi connectivity index (χ3v) is 4.49. The lowest BCUT2D eigenvalue weighted by Gasteiger charge is -2.09. The van der Waals surface area contributed by atoms with Gasteiger partial charge in [-0.2, -0.15) is 0 Å². The zero-order valence-electron chi connectivity index (χ0n) is 14.6. The van der Waals surface area contributed by atoms with Gasteiger partial charge in [0.05, 0.1) is 5.02 Å². The molecule has 138 valence electrons. The van der Waals surface area contributed by atoms with E-state index < -0.39 is 11.5 Å². The fourth-order valence-corrected chi connectivity index (χ4v) is 2.95. The number of fused-ring (bicyclic) bond motifs is 1. The van der Waals surface area contributed by atoms with Gasteiger partial charge < -0.3 is 15.0 Å². The normalized spacial score (nSPS) is 10.6. The molecule has 28 heavy (non-hydrogen) atoms. The van der Waals surface area contributed by atoms with Crippen LogP contribution in [0.5, 0.6) is 11.5 Å². The number of para-hydroxylation sites is 2. The molecule has 0 bridgehead atoms. The minimum atomic E-state index is -0.480. The average Bonchev–Trinajstić information content (AvgIpc) is 2.70. The van der Waals surface area contributed by atoms with E-state index in [1.165, 1.54) is 0 Å². The maximum Gasteiger partial charge on any atom is 0.261 e. The smallest absolute Gasteiger partial charge is 0.261 e. The van der Waals surface area contributed by atoms with Crippen LogP contribution in [-0.4, -0.2) is 10.9 Å². The van der Waals surface area contributed by atoms with Crippen molar-refractivity contribution in [2.24, 2.45) is 0 Å². The summed E-state index contributed by atoms with van der Waals surface area (Å²) in [6, 6.07) is 22.9. The summed E-state index contributed by atoms with van der Waals surface area (Å²) in [6.45, 7) is 0. The number of nitrogens with one attached hydrogen (secondary N) is 2. The van der Waals surface area contributed by atoms with E-state index in [0.29, 0.717) is 27.7 Å². The Kier molecular flexibility index (Phi) is 4.83. The summed E-state index contributed by atoms with van der Waals surface area (Å²) in [4.78, 5) is 27.4. The second kappa shape index (κ2) is 7.58. The van der Waals surface area contributed by atoms with Gasteiger partial charge in [0.1, 0.15) is 17.1 Å². The zero-order valence-corrected chi connectivity index (χ0v) is 15.4. The zero-order chi connectivity index (χ0) is 19.5. The summed E-state index contributed by atoms with van der Waals surface area (Å²) in [5.74, 6) is 0.644. The second-order valence-corrected chi connectivity index (χ2v) is 6.52. The molecule has 0 radical (unpaired) electrons. The molecule has 0 aliphatic rings. The number of anilines is 1. The fraction of sp³-hybridized carbons (Fsp3) is 0. The van der Waals surface area contributed by atoms with Gasteiger partial charge in [-0.25, -0.2) is 0 Å². The monoisotopic (exact) mass is 390 g/mol. The number of carbonyl (C=O) groups is 1. The van der Waals surface area contributed by atoms with Crippen molar-refractivity contribution in [3.63, 3.8) is 0 Å². The quantitative estimate of drug-likeness (QED) is 0.501. The summed E-state index contributed by atoms with van der Waals surface area (Å²) in [6.07, 6.45) is 0. The van der Waals surface area contributed by atoms with Crippen molar-refractivity contribution in [3.8, 4) is 11.5 Å². The van der Waals surface area contributed by atoms with Gasteiger partial charge in [0.15, 0.2) is 0 Å². The summed E-state index contributed by atoms with van der Waals surface area (Å²) in [7, 11) is 0. The molecule has 0 unspecified atom stereocenters. The Labute approximate surface area is 165 Å². The van der Waals surface area contributed by atoms with E-state index in [1.54, 1.807) is 48.5 Å². The van der Waals surface area contributed by atoms with Gasteiger partial charge in [-0.15, -0.1) is 0 Å². The Hall–Kier alpha value is -3.57. The first-order valence-corrected chi connectivity index (χ1v) is 8.94. The summed E-state index contributed by atoms with van der Waals surface area (Å²) in [5, 5.41) is 4.02. The molecule has 2 N–H and O–H groups in total. The molecule has 3 aromatic carbocycles. The fourth-order valence-electron chi connectivity index (χ4n) is 2.78. The number of hydrogen-bond donors (Lipinski definition) is 2. The van der Waals surface area contributed by atoms with Crippen LogP contribution in [0.25, 0.3) is 10.9 Å². The number of aromatic amines is 1. The number of H-pyrrole nitrogens is 1. The Morgan fingerprint density at radius 1 is 0.929 bits per heavy atom. The molecule has 0 saturated heterocycles. The molecule has 1 amide bonds. The van der Waals surface area contributed by atoms with Gasteiger partial charge in [-0.3, -0.25) is 9.59 Å². The Bertz CT molecular complexity index is 1220. The van der Waals surface area contributed by atoms with Crippen LogP contribution < -0.4 is 15.6 Å². The van der Waals surface area contributed by atoms with Gasteiger partial charge in [0.2, 0.25) is 0 Å². The molecule has 0 atom stereocenters. The number of ether oxygens (including phenoxy) is 1. The van der Waals surface area contributed by atoms with E-state index >= 15 is 0 Å². The summed E-state index contributed by atoms with van der Waals surface area (Å²) in [5.41, 5.74) is 0.846. The van der Waals surface area contributed by atoms with Crippen LogP contribution in [0.15, 0.2) is 83.7 Å². The highest BCUT2D eigenvalue weighted by Crippen LogP contribution is 2.29. The van der Waals surface area contributed by atoms with Crippen LogP contribution in [0.4, 0.5) is 5.69 Å². The number of amides is 1. The first kappa shape index (κ1) is 17.8. The number of halogens is 1. The maximum atomic E-state index is 12.5. The lowest BCUT2D eigenvalue weighted by molar-refractivity contribution is 0.102. The third-order valence-electron chi connectivity index (χ3n) is 4.17. The predicted molar refractivity (Wildman–Crippen MR) is 110 cm³/mol. The first-order chi connectivity index (χ1) is 13.6. The predicted octanol–water partition coefficient (Wildman–Crippen LogP) is 5.23. The van der Waals surface area contributed by atoms with Crippen molar-refractivity contribution >= 4 is 34.1 Å². The maximum absolute atomic E-state index is 12.5. The number of pyridine rings is 1. The molecule has 4 rings (SSSR count). The molecule has 0 spiro atoms. The Morgan fingerprint density at radius 3 is 2.43 bits per heavy atom. The summed E-state index contributed by atoms with van der Waals surface area (Å²) >= 11 is 6.08. The highest BCUT2D eigenvalue weighted by atomic mass is 35.5. The number of hydrogen-bond acceptors (Lipinski definition) is 3. The van der Waals surface area contributed by atoms with Crippen LogP contribution in [-0.2, 0) is 0 Å². The molecule has 0 fully saturated rings. The van der Waals surface area contributed by atoms with E-state index in [-0.39, 0.29) is 5.56 Å². The van der Waals surface area contributed by atoms with Gasteiger partial charge in [-0.1, -0.05) is 41.9 Å². The minimum absolute atomic E-state index is 0.0510. The summed E-state index contributed by atoms with van der Waals surface area (Å²) < 4.78 is 5.72. The molecule has 1 heterocycles. The third kappa shape index (κ3) is 3.75. The Morgan fingerprint density at radius 2 is 1.64 bits per heavy atom. The van der Waals surface area contributed by atoms with Gasteiger partial charge in [-0.05, 0) is 53.9 Å². The van der Waals surface area contributed by atoms with Crippen molar-refractivity contribution in [1.29, 1.82) is 0 Å². The molecule has 0 aliphatic carbocycles. The van der Waals surface area contributed by atoms with E-state index in [1.807, 2.05) is 30.3 Å². The lowest BCUT2D eigenvalue weighted by atomic mass is 10.1. The van der Waals surface area contributed by atoms with Crippen molar-refractivity contribution < 1.29 is 9.53 Å². The number of benzene rings is 3. The van der Waals surface area contributed by atoms with Gasteiger partial charge >= 0.3 is 0 Å². The van der Waals surface area contributed by atoms with Crippen LogP contribution in [0.1, 0.15) is 10.4 Å². The Balaban J connectivity index is 1.51. The van der Waals surface area contributed by atoms with Crippen molar-refractivity contribution in [2.75, 3.05) is 5.32 Å². The molecule has 5 nitrogen and oxygen atoms in total. The molecule has 0 saturated carbocycles. The molecule has 1 aromatic heterocycles. The van der Waals surface area contributed by atoms with Gasteiger partial charge in [0.25, 0.3) is 11.5 Å². The van der Waals surface area contributed by atoms with Crippen LogP contribution in [0, 0.1) is 0 Å². The molecule has 4 aromatic rings. The average molecular weight is 391 g/mol. The standard InChI is InChI=1S/C22H15ClN2O3/c23-18-6-2-4-8-20(18)28-16-11-9-15(10-12-16)24-21(26)17-13-14-5-1-3-7-19(14)25-22(17)27/h1-13H,(H,24,26)(H,25,27). The first-order valence-electron chi connectivity index (χ1n) is 8.56. The highest BCUT2D eigenvalue weighted by Gasteiger charge is 2.12. The molecule has 6 heteroatoms. The van der Waals surface area contributed by atoms with Crippen LogP contribution in [0.3, 0.4) is 0 Å². The topological polar surface area (TPSA) is 71.2 Å². The second-order valence-electron chi connectivity index (χ2n) is 6.11. The van der Waals surface area contributed by atoms with E-state index in [2.05, 4.69) is 10.3 Å². The highest BCUT2D eigenvalue weighted by molar-refractivity contribution is 6.32. The molecule has 0 aliphatic heterocycles. The number of aromatic nitrogens is 1. The van der Waals surface area contributed by atoms with E-state index in [0.717, 1.165) is 5.39 Å². The minimum Gasteiger partial charge on any atom is -0.456 e. The van der Waals surface area contributed by atoms with Crippen molar-refractivity contribution in [2.45, 2.75) is 0 Å². The number of rotatable bonds is 4. The van der Waals surface area contributed by atoms with Gasteiger partial charge in [0, 0.05) is 11.2 Å². The molecular formula is C22H15ClN2O3. The SMILES string of the molecule is O=C(Nc1ccc(Oc2ccccc2Cl)cc1)c1cc2ccccc2[nH]c1=O. The van der Waals surface area contributed by atoms with Crippen LogP contribution >= 0.6 is 11.6 Å². The van der Waals surface area contributed by atoms with E-state index in [9.17, 15) is 9.59 Å². The van der Waals surface area contributed by atoms with Crippen molar-refractivity contribution in [1.82, 2.24) is 4.98 Å². The van der Waals surface area contributed by atoms with Crippen molar-refractivity contribution in [3.05, 3.63) is 99.8 Å². The largest absolute Gasteiger partial charge is 0.456 e. The van der Waals surface area contributed by atoms with E-state index in [4.69, 9.17) is 16.3 Å². The van der Waals surface area contributed by atoms with Crippen LogP contribution in [0.2, 0.25) is 5.02 Å². The lowest BCUT2D eigenvalue weighted by Crippen LogP contribution is -2.22.